The summed E-state index contributed by atoms with van der Waals surface area (Å²) in [6.07, 6.45) is -3.67. The second kappa shape index (κ2) is 8.88. The minimum Gasteiger partial charge on any atom is -0.480 e. The Morgan fingerprint density at radius 3 is 2.50 bits per heavy atom. The number of aromatic amines is 1. The molecule has 2 aromatic rings. The highest BCUT2D eigenvalue weighted by atomic mass is 16.4. The average molecular weight is 366 g/mol. The summed E-state index contributed by atoms with van der Waals surface area (Å²) in [4.78, 5) is 26.4. The Morgan fingerprint density at radius 2 is 1.85 bits per heavy atom. The van der Waals surface area contributed by atoms with Gasteiger partial charge in [0.1, 0.15) is 24.4 Å². The molecule has 0 aliphatic rings. The van der Waals surface area contributed by atoms with E-state index in [-0.39, 0.29) is 6.42 Å². The maximum Gasteiger partial charge on any atom is 0.321 e. The van der Waals surface area contributed by atoms with Crippen LogP contribution in [0.15, 0.2) is 30.5 Å². The molecule has 4 atom stereocenters. The fraction of sp³-hybridized carbons (Fsp3) is 0.412. The van der Waals surface area contributed by atoms with Crippen LogP contribution < -0.4 is 5.32 Å². The number of aromatic nitrogens is 1. The van der Waals surface area contributed by atoms with Gasteiger partial charge in [0.2, 0.25) is 0 Å². The highest BCUT2D eigenvalue weighted by Crippen LogP contribution is 2.19. The van der Waals surface area contributed by atoms with Gasteiger partial charge in [0.15, 0.2) is 5.78 Å². The number of hydrogen-bond donors (Lipinski definition) is 7. The summed E-state index contributed by atoms with van der Waals surface area (Å²) in [5.41, 5.74) is 1.61. The van der Waals surface area contributed by atoms with Crippen LogP contribution >= 0.6 is 0 Å². The Bertz CT molecular complexity index is 760. The fourth-order valence-electron chi connectivity index (χ4n) is 2.60. The molecule has 0 bridgehead atoms. The zero-order chi connectivity index (χ0) is 19.3. The van der Waals surface area contributed by atoms with E-state index < -0.39 is 49.3 Å². The van der Waals surface area contributed by atoms with Gasteiger partial charge >= 0.3 is 5.97 Å². The lowest BCUT2D eigenvalue weighted by Gasteiger charge is -2.21. The predicted octanol–water partition coefficient (Wildman–Crippen LogP) is -1.60. The lowest BCUT2D eigenvalue weighted by atomic mass is 10.0. The molecule has 1 aromatic carbocycles. The number of para-hydroxylation sites is 1. The van der Waals surface area contributed by atoms with Crippen molar-refractivity contribution in [3.8, 4) is 0 Å². The molecule has 0 amide bonds. The lowest BCUT2D eigenvalue weighted by Crippen LogP contribution is -2.49. The van der Waals surface area contributed by atoms with E-state index in [2.05, 4.69) is 10.3 Å². The molecule has 0 spiro atoms. The molecular formula is C17H22N2O7. The predicted molar refractivity (Wildman–Crippen MR) is 91.5 cm³/mol. The van der Waals surface area contributed by atoms with Gasteiger partial charge in [0.05, 0.1) is 13.2 Å². The number of aliphatic hydroxyl groups excluding tert-OH is 4. The van der Waals surface area contributed by atoms with Crippen molar-refractivity contribution >= 4 is 22.7 Å². The zero-order valence-corrected chi connectivity index (χ0v) is 13.9. The molecule has 0 aliphatic carbocycles. The van der Waals surface area contributed by atoms with Crippen molar-refractivity contribution in [3.05, 3.63) is 36.0 Å². The van der Waals surface area contributed by atoms with Gasteiger partial charge in [-0.15, -0.1) is 0 Å². The number of carboxylic acids is 1. The van der Waals surface area contributed by atoms with E-state index in [0.29, 0.717) is 0 Å². The Morgan fingerprint density at radius 1 is 1.15 bits per heavy atom. The molecule has 0 aliphatic heterocycles. The number of hydrogen-bond acceptors (Lipinski definition) is 7. The van der Waals surface area contributed by atoms with E-state index in [9.17, 15) is 30.0 Å². The first kappa shape index (κ1) is 20.0. The van der Waals surface area contributed by atoms with E-state index in [1.165, 1.54) is 0 Å². The number of H-pyrrole nitrogens is 1. The Hall–Kier alpha value is -2.30. The SMILES string of the molecule is O=C(O)C(Cc1c[nH]c2ccccc12)NCC(=O)[C@@H](O)[C@H](O)[C@H](O)CO. The second-order valence-corrected chi connectivity index (χ2v) is 5.99. The summed E-state index contributed by atoms with van der Waals surface area (Å²) in [6.45, 7) is -1.34. The minimum atomic E-state index is -1.94. The average Bonchev–Trinajstić information content (AvgIpc) is 3.05. The van der Waals surface area contributed by atoms with Gasteiger partial charge in [-0.1, -0.05) is 18.2 Å². The van der Waals surface area contributed by atoms with E-state index >= 15 is 0 Å². The molecule has 142 valence electrons. The highest BCUT2D eigenvalue weighted by molar-refractivity contribution is 5.87. The number of Topliss-reactive ketones (excluding diaryl/α,β-unsaturated/α-hetero) is 1. The summed E-state index contributed by atoms with van der Waals surface area (Å²) in [5.74, 6) is -2.07. The first-order valence-corrected chi connectivity index (χ1v) is 8.04. The molecule has 9 nitrogen and oxygen atoms in total. The number of aliphatic carboxylic acids is 1. The topological polar surface area (TPSA) is 163 Å². The summed E-state index contributed by atoms with van der Waals surface area (Å²) < 4.78 is 0. The first-order valence-electron chi connectivity index (χ1n) is 8.04. The Kier molecular flexibility index (Phi) is 6.83. The highest BCUT2D eigenvalue weighted by Gasteiger charge is 2.30. The van der Waals surface area contributed by atoms with E-state index in [4.69, 9.17) is 5.11 Å². The lowest BCUT2D eigenvalue weighted by molar-refractivity contribution is -0.141. The smallest absolute Gasteiger partial charge is 0.321 e. The van der Waals surface area contributed by atoms with Gasteiger partial charge in [-0.25, -0.2) is 0 Å². The maximum absolute atomic E-state index is 11.9. The molecule has 0 saturated heterocycles. The van der Waals surface area contributed by atoms with Crippen molar-refractivity contribution in [2.75, 3.05) is 13.2 Å². The molecule has 26 heavy (non-hydrogen) atoms. The van der Waals surface area contributed by atoms with Crippen molar-refractivity contribution in [1.29, 1.82) is 0 Å². The number of carbonyl (C=O) groups excluding carboxylic acids is 1. The van der Waals surface area contributed by atoms with Crippen molar-refractivity contribution in [3.63, 3.8) is 0 Å². The van der Waals surface area contributed by atoms with Crippen LogP contribution in [0.1, 0.15) is 5.56 Å². The van der Waals surface area contributed by atoms with Crippen LogP contribution in [0.3, 0.4) is 0 Å². The largest absolute Gasteiger partial charge is 0.480 e. The molecule has 1 aromatic heterocycles. The van der Waals surface area contributed by atoms with Gasteiger partial charge in [0, 0.05) is 23.5 Å². The molecule has 7 N–H and O–H groups in total. The molecule has 0 fully saturated rings. The standard InChI is InChI=1S/C17H22N2O7/c20-8-14(22)16(24)15(23)13(21)7-19-12(17(25)26)5-9-6-18-11-4-2-1-3-10(9)11/h1-4,6,12,14-16,18-20,22-24H,5,7-8H2,(H,25,26)/t12?,14-,15-,16-/m1/s1. The van der Waals surface area contributed by atoms with Crippen LogP contribution in [0.25, 0.3) is 10.9 Å². The van der Waals surface area contributed by atoms with Crippen molar-refractivity contribution < 1.29 is 35.1 Å². The number of carboxylic acid groups (broad SMARTS) is 1. The van der Waals surface area contributed by atoms with Crippen molar-refractivity contribution in [1.82, 2.24) is 10.3 Å². The molecule has 2 rings (SSSR count). The summed E-state index contributed by atoms with van der Waals surface area (Å²) in [7, 11) is 0. The van der Waals surface area contributed by atoms with Gasteiger partial charge < -0.3 is 30.5 Å². The summed E-state index contributed by atoms with van der Waals surface area (Å²) in [6, 6.07) is 6.29. The minimum absolute atomic E-state index is 0.102. The number of carbonyl (C=O) groups is 2. The Balaban J connectivity index is 2.00. The number of nitrogens with one attached hydrogen (secondary N) is 2. The van der Waals surface area contributed by atoms with Gasteiger partial charge in [0.25, 0.3) is 0 Å². The van der Waals surface area contributed by atoms with Crippen molar-refractivity contribution in [2.24, 2.45) is 0 Å². The summed E-state index contributed by atoms with van der Waals surface area (Å²) in [5, 5.41) is 50.0. The van der Waals surface area contributed by atoms with Crippen LogP contribution in [0.2, 0.25) is 0 Å². The second-order valence-electron chi connectivity index (χ2n) is 5.99. The number of fused-ring (bicyclic) bond motifs is 1. The maximum atomic E-state index is 11.9. The fourth-order valence-corrected chi connectivity index (χ4v) is 2.60. The number of rotatable bonds is 10. The monoisotopic (exact) mass is 366 g/mol. The molecular weight excluding hydrogens is 344 g/mol. The molecule has 0 radical (unpaired) electrons. The molecule has 1 unspecified atom stereocenters. The third-order valence-corrected chi connectivity index (χ3v) is 4.15. The quantitative estimate of drug-likeness (QED) is 0.264. The van der Waals surface area contributed by atoms with Crippen LogP contribution in [-0.2, 0) is 16.0 Å². The molecule has 0 saturated carbocycles. The van der Waals surface area contributed by atoms with Gasteiger partial charge in [-0.2, -0.15) is 0 Å². The molecule has 1 heterocycles. The van der Waals surface area contributed by atoms with Crippen LogP contribution in [0, 0.1) is 0 Å². The number of benzene rings is 1. The number of ketones is 1. The van der Waals surface area contributed by atoms with E-state index in [0.717, 1.165) is 16.5 Å². The first-order chi connectivity index (χ1) is 12.3. The zero-order valence-electron chi connectivity index (χ0n) is 13.9. The van der Waals surface area contributed by atoms with Crippen LogP contribution in [0.5, 0.6) is 0 Å². The van der Waals surface area contributed by atoms with E-state index in [1.807, 2.05) is 24.3 Å². The van der Waals surface area contributed by atoms with Gasteiger partial charge in [-0.05, 0) is 11.6 Å². The molecule has 9 heteroatoms. The normalized spacial score (nSPS) is 16.2. The van der Waals surface area contributed by atoms with Crippen molar-refractivity contribution in [2.45, 2.75) is 30.8 Å². The Labute approximate surface area is 148 Å². The van der Waals surface area contributed by atoms with E-state index in [1.54, 1.807) is 6.20 Å². The van der Waals surface area contributed by atoms with Gasteiger partial charge in [-0.3, -0.25) is 14.9 Å². The number of aliphatic hydroxyl groups is 4. The third kappa shape index (κ3) is 4.65. The third-order valence-electron chi connectivity index (χ3n) is 4.15. The summed E-state index contributed by atoms with van der Waals surface area (Å²) >= 11 is 0. The van der Waals surface area contributed by atoms with Crippen LogP contribution in [0.4, 0.5) is 0 Å². The van der Waals surface area contributed by atoms with Crippen LogP contribution in [-0.4, -0.2) is 79.8 Å².